The van der Waals surface area contributed by atoms with E-state index in [1.807, 2.05) is 47.6 Å². The molecule has 1 aliphatic carbocycles. The molecule has 1 aliphatic rings. The minimum absolute atomic E-state index is 0.139. The minimum atomic E-state index is -4.10. The first-order chi connectivity index (χ1) is 8.67. The molecule has 0 spiro atoms. The summed E-state index contributed by atoms with van der Waals surface area (Å²) in [6.45, 7) is 11.9. The van der Waals surface area contributed by atoms with Gasteiger partial charge in [0.15, 0.2) is 0 Å². The van der Waals surface area contributed by atoms with Crippen LogP contribution >= 0.6 is 0 Å². The number of allylic oxidation sites excluding steroid dienone is 1. The summed E-state index contributed by atoms with van der Waals surface area (Å²) in [6, 6.07) is 0. The third kappa shape index (κ3) is 3.71. The lowest BCUT2D eigenvalue weighted by molar-refractivity contribution is -0.0806. The molecular weight excluding hydrogens is 276 g/mol. The van der Waals surface area contributed by atoms with Crippen molar-refractivity contribution in [3.05, 3.63) is 23.8 Å². The lowest BCUT2D eigenvalue weighted by Gasteiger charge is -2.50. The molecule has 0 aromatic carbocycles. The van der Waals surface area contributed by atoms with Gasteiger partial charge in [0.05, 0.1) is 5.60 Å². The lowest BCUT2D eigenvalue weighted by atomic mass is 9.59. The van der Waals surface area contributed by atoms with Crippen molar-refractivity contribution in [2.24, 2.45) is 16.7 Å². The van der Waals surface area contributed by atoms with Crippen molar-refractivity contribution in [3.8, 4) is 0 Å². The summed E-state index contributed by atoms with van der Waals surface area (Å²) in [7, 11) is -4.10. The maximum atomic E-state index is 11.2. The average molecular weight is 302 g/mol. The van der Waals surface area contributed by atoms with Gasteiger partial charge in [-0.25, -0.2) is 0 Å². The highest BCUT2D eigenvalue weighted by molar-refractivity contribution is 7.86. The van der Waals surface area contributed by atoms with Crippen LogP contribution < -0.4 is 0 Å². The van der Waals surface area contributed by atoms with Crippen LogP contribution in [-0.4, -0.2) is 29.4 Å². The van der Waals surface area contributed by atoms with E-state index >= 15 is 0 Å². The Hall–Kier alpha value is -0.650. The van der Waals surface area contributed by atoms with E-state index in [4.69, 9.17) is 4.55 Å². The van der Waals surface area contributed by atoms with Gasteiger partial charge in [-0.15, -0.1) is 0 Å². The smallest absolute Gasteiger partial charge is 0.269 e. The van der Waals surface area contributed by atoms with Gasteiger partial charge in [0.2, 0.25) is 0 Å². The molecule has 1 rings (SSSR count). The van der Waals surface area contributed by atoms with Crippen LogP contribution in [0.1, 0.15) is 41.5 Å². The number of hydrogen-bond acceptors (Lipinski definition) is 3. The molecular formula is C15H26O4S. The third-order valence-electron chi connectivity index (χ3n) is 3.87. The Morgan fingerprint density at radius 1 is 1.20 bits per heavy atom. The van der Waals surface area contributed by atoms with Gasteiger partial charge in [0.25, 0.3) is 10.1 Å². The highest BCUT2D eigenvalue weighted by Gasteiger charge is 2.49. The predicted molar refractivity (Wildman–Crippen MR) is 81.0 cm³/mol. The van der Waals surface area contributed by atoms with Crippen molar-refractivity contribution in [3.63, 3.8) is 0 Å². The molecule has 0 aromatic rings. The van der Waals surface area contributed by atoms with Crippen LogP contribution in [0, 0.1) is 16.7 Å². The monoisotopic (exact) mass is 302 g/mol. The second-order valence-corrected chi connectivity index (χ2v) is 9.18. The SMILES string of the molecule is CC(C)(C)C1C=CC(CS(=O)(=O)O)=CC1(O)C(C)(C)C. The molecule has 0 aliphatic heterocycles. The van der Waals surface area contributed by atoms with Crippen LogP contribution in [-0.2, 0) is 10.1 Å². The molecule has 0 bridgehead atoms. The fourth-order valence-corrected chi connectivity index (χ4v) is 3.32. The van der Waals surface area contributed by atoms with Crippen molar-refractivity contribution in [1.29, 1.82) is 0 Å². The molecule has 2 unspecified atom stereocenters. The van der Waals surface area contributed by atoms with Gasteiger partial charge in [0, 0.05) is 5.92 Å². The van der Waals surface area contributed by atoms with Crippen molar-refractivity contribution < 1.29 is 18.1 Å². The molecule has 20 heavy (non-hydrogen) atoms. The van der Waals surface area contributed by atoms with E-state index in [9.17, 15) is 13.5 Å². The summed E-state index contributed by atoms with van der Waals surface area (Å²) in [4.78, 5) is 0. The molecule has 116 valence electrons. The van der Waals surface area contributed by atoms with E-state index in [1.165, 1.54) is 0 Å². The molecule has 0 aromatic heterocycles. The highest BCUT2D eigenvalue weighted by atomic mass is 32.2. The zero-order chi connectivity index (χ0) is 16.0. The third-order valence-corrected chi connectivity index (χ3v) is 4.56. The largest absolute Gasteiger partial charge is 0.385 e. The van der Waals surface area contributed by atoms with Gasteiger partial charge >= 0.3 is 0 Å². The standard InChI is InChI=1S/C15H26O4S/c1-13(2,3)12-8-7-11(10-20(17,18)19)9-15(12,16)14(4,5)6/h7-9,12,16H,10H2,1-6H3,(H,17,18,19). The molecule has 0 saturated carbocycles. The van der Waals surface area contributed by atoms with Crippen LogP contribution in [0.15, 0.2) is 23.8 Å². The predicted octanol–water partition coefficient (Wildman–Crippen LogP) is 2.81. The summed E-state index contributed by atoms with van der Waals surface area (Å²) in [5, 5.41) is 11.2. The fourth-order valence-electron chi connectivity index (χ4n) is 2.72. The number of rotatable bonds is 2. The van der Waals surface area contributed by atoms with Crippen LogP contribution in [0.5, 0.6) is 0 Å². The minimum Gasteiger partial charge on any atom is -0.385 e. The summed E-state index contributed by atoms with van der Waals surface area (Å²) < 4.78 is 31.1. The first-order valence-electron chi connectivity index (χ1n) is 6.74. The topological polar surface area (TPSA) is 74.6 Å². The van der Waals surface area contributed by atoms with E-state index in [0.717, 1.165) is 0 Å². The van der Waals surface area contributed by atoms with Crippen molar-refractivity contribution in [2.45, 2.75) is 47.1 Å². The lowest BCUT2D eigenvalue weighted by Crippen LogP contribution is -2.52. The number of aliphatic hydroxyl groups is 1. The second-order valence-electron chi connectivity index (χ2n) is 7.72. The summed E-state index contributed by atoms with van der Waals surface area (Å²) in [6.07, 6.45) is 5.13. The Morgan fingerprint density at radius 3 is 2.05 bits per heavy atom. The summed E-state index contributed by atoms with van der Waals surface area (Å²) in [5.74, 6) is -0.612. The van der Waals surface area contributed by atoms with Crippen molar-refractivity contribution in [1.82, 2.24) is 0 Å². The molecule has 4 nitrogen and oxygen atoms in total. The molecule has 0 amide bonds. The van der Waals surface area contributed by atoms with E-state index in [1.54, 1.807) is 12.2 Å². The maximum Gasteiger partial charge on any atom is 0.269 e. The van der Waals surface area contributed by atoms with E-state index < -0.39 is 26.9 Å². The zero-order valence-corrected chi connectivity index (χ0v) is 14.0. The molecule has 0 radical (unpaired) electrons. The highest BCUT2D eigenvalue weighted by Crippen LogP contribution is 2.48. The van der Waals surface area contributed by atoms with Crippen molar-refractivity contribution in [2.75, 3.05) is 5.75 Å². The molecule has 2 atom stereocenters. The van der Waals surface area contributed by atoms with Crippen LogP contribution in [0.25, 0.3) is 0 Å². The van der Waals surface area contributed by atoms with Gasteiger partial charge in [-0.2, -0.15) is 8.42 Å². The Bertz CT molecular complexity index is 529. The molecule has 2 N–H and O–H groups in total. The van der Waals surface area contributed by atoms with E-state index in [0.29, 0.717) is 5.57 Å². The second kappa shape index (κ2) is 4.97. The molecule has 0 fully saturated rings. The molecule has 0 saturated heterocycles. The molecule has 5 heteroatoms. The first-order valence-corrected chi connectivity index (χ1v) is 8.35. The Kier molecular flexibility index (Phi) is 4.32. The maximum absolute atomic E-state index is 11.2. The van der Waals surface area contributed by atoms with Gasteiger partial charge in [-0.3, -0.25) is 4.55 Å². The quantitative estimate of drug-likeness (QED) is 0.769. The Labute approximate surface area is 122 Å². The van der Waals surface area contributed by atoms with Gasteiger partial charge in [-0.05, 0) is 22.5 Å². The Balaban J connectivity index is 3.32. The van der Waals surface area contributed by atoms with Crippen LogP contribution in [0.4, 0.5) is 0 Å². The average Bonchev–Trinajstić information content (AvgIpc) is 2.10. The van der Waals surface area contributed by atoms with Gasteiger partial charge < -0.3 is 5.11 Å². The summed E-state index contributed by atoms with van der Waals surface area (Å²) >= 11 is 0. The van der Waals surface area contributed by atoms with Crippen molar-refractivity contribution >= 4 is 10.1 Å². The zero-order valence-electron chi connectivity index (χ0n) is 13.1. The fraction of sp³-hybridized carbons (Fsp3) is 0.733. The number of hydrogen-bond donors (Lipinski definition) is 2. The van der Waals surface area contributed by atoms with Crippen LogP contribution in [0.2, 0.25) is 0 Å². The molecule has 0 heterocycles. The Morgan fingerprint density at radius 2 is 1.70 bits per heavy atom. The van der Waals surface area contributed by atoms with Crippen LogP contribution in [0.3, 0.4) is 0 Å². The van der Waals surface area contributed by atoms with E-state index in [-0.39, 0.29) is 11.3 Å². The van der Waals surface area contributed by atoms with Gasteiger partial charge in [-0.1, -0.05) is 53.7 Å². The first kappa shape index (κ1) is 17.4. The van der Waals surface area contributed by atoms with Gasteiger partial charge in [0.1, 0.15) is 5.75 Å². The normalized spacial score (nSPS) is 28.4. The summed E-state index contributed by atoms with van der Waals surface area (Å²) in [5.41, 5.74) is -1.37. The van der Waals surface area contributed by atoms with E-state index in [2.05, 4.69) is 0 Å².